The minimum Gasteiger partial charge on any atom is -0.396 e. The molecule has 0 aliphatic carbocycles. The first-order valence-electron chi connectivity index (χ1n) is 6.00. The fourth-order valence-corrected chi connectivity index (χ4v) is 2.44. The van der Waals surface area contributed by atoms with Gasteiger partial charge in [-0.25, -0.2) is 4.98 Å². The van der Waals surface area contributed by atoms with Crippen LogP contribution in [0.3, 0.4) is 0 Å². The van der Waals surface area contributed by atoms with E-state index in [0.717, 1.165) is 25.0 Å². The zero-order chi connectivity index (χ0) is 14.0. The van der Waals surface area contributed by atoms with Gasteiger partial charge in [-0.05, 0) is 30.9 Å². The van der Waals surface area contributed by atoms with Crippen molar-refractivity contribution in [1.29, 1.82) is 0 Å². The van der Waals surface area contributed by atoms with Crippen LogP contribution in [0, 0.1) is 5.92 Å². The van der Waals surface area contributed by atoms with Crippen LogP contribution in [0.5, 0.6) is 0 Å². The van der Waals surface area contributed by atoms with Crippen molar-refractivity contribution < 1.29 is 18.3 Å². The molecule has 1 saturated heterocycles. The lowest BCUT2D eigenvalue weighted by Gasteiger charge is -2.33. The molecule has 3 nitrogen and oxygen atoms in total. The van der Waals surface area contributed by atoms with Crippen molar-refractivity contribution in [3.8, 4) is 0 Å². The Morgan fingerprint density at radius 3 is 2.79 bits per heavy atom. The highest BCUT2D eigenvalue weighted by atomic mass is 35.5. The highest BCUT2D eigenvalue weighted by Gasteiger charge is 2.32. The Balaban J connectivity index is 2.26. The molecule has 0 amide bonds. The van der Waals surface area contributed by atoms with Crippen molar-refractivity contribution in [2.45, 2.75) is 19.0 Å². The number of rotatable bonds is 2. The van der Waals surface area contributed by atoms with Crippen LogP contribution in [0.1, 0.15) is 18.4 Å². The predicted molar refractivity (Wildman–Crippen MR) is 66.3 cm³/mol. The van der Waals surface area contributed by atoms with Crippen molar-refractivity contribution in [2.75, 3.05) is 24.6 Å². The van der Waals surface area contributed by atoms with Crippen molar-refractivity contribution >= 4 is 17.4 Å². The summed E-state index contributed by atoms with van der Waals surface area (Å²) in [5.41, 5.74) is -0.798. The van der Waals surface area contributed by atoms with Gasteiger partial charge in [0.05, 0.1) is 5.56 Å². The van der Waals surface area contributed by atoms with Crippen molar-refractivity contribution in [3.63, 3.8) is 0 Å². The summed E-state index contributed by atoms with van der Waals surface area (Å²) in [6.45, 7) is 1.16. The smallest absolute Gasteiger partial charge is 0.396 e. The SMILES string of the molecule is OCC1CCCN(c2cc(C(F)(F)F)cc(Cl)n2)C1. The largest absolute Gasteiger partial charge is 0.416 e. The van der Waals surface area contributed by atoms with Gasteiger partial charge in [0.25, 0.3) is 0 Å². The second-order valence-corrected chi connectivity index (χ2v) is 5.06. The van der Waals surface area contributed by atoms with Crippen LogP contribution >= 0.6 is 11.6 Å². The number of aliphatic hydroxyl groups is 1. The van der Waals surface area contributed by atoms with E-state index in [0.29, 0.717) is 13.1 Å². The van der Waals surface area contributed by atoms with Crippen LogP contribution in [0.2, 0.25) is 5.15 Å². The third-order valence-electron chi connectivity index (χ3n) is 3.21. The molecule has 1 unspecified atom stereocenters. The number of aromatic nitrogens is 1. The zero-order valence-electron chi connectivity index (χ0n) is 10.1. The first-order chi connectivity index (χ1) is 8.90. The summed E-state index contributed by atoms with van der Waals surface area (Å²) in [4.78, 5) is 5.69. The Morgan fingerprint density at radius 1 is 1.42 bits per heavy atom. The topological polar surface area (TPSA) is 36.4 Å². The van der Waals surface area contributed by atoms with E-state index in [1.165, 1.54) is 0 Å². The van der Waals surface area contributed by atoms with Crippen molar-refractivity contribution in [3.05, 3.63) is 22.8 Å². The van der Waals surface area contributed by atoms with Crippen molar-refractivity contribution in [2.24, 2.45) is 5.92 Å². The van der Waals surface area contributed by atoms with Gasteiger partial charge in [-0.2, -0.15) is 13.2 Å². The monoisotopic (exact) mass is 294 g/mol. The third kappa shape index (κ3) is 3.51. The van der Waals surface area contributed by atoms with E-state index in [9.17, 15) is 13.2 Å². The average molecular weight is 295 g/mol. The highest BCUT2D eigenvalue weighted by molar-refractivity contribution is 6.29. The summed E-state index contributed by atoms with van der Waals surface area (Å²) >= 11 is 5.66. The standard InChI is InChI=1S/C12H14ClF3N2O/c13-10-4-9(12(14,15)16)5-11(17-10)18-3-1-2-8(6-18)7-19/h4-5,8,19H,1-3,6-7H2. The van der Waals surface area contributed by atoms with Crippen LogP contribution in [0.25, 0.3) is 0 Å². The lowest BCUT2D eigenvalue weighted by molar-refractivity contribution is -0.137. The van der Waals surface area contributed by atoms with Gasteiger partial charge in [-0.3, -0.25) is 0 Å². The zero-order valence-corrected chi connectivity index (χ0v) is 10.9. The lowest BCUT2D eigenvalue weighted by Crippen LogP contribution is -2.37. The molecule has 1 fully saturated rings. The minimum absolute atomic E-state index is 0.0309. The van der Waals surface area contributed by atoms with Crippen LogP contribution in [-0.2, 0) is 6.18 Å². The maximum Gasteiger partial charge on any atom is 0.416 e. The van der Waals surface area contributed by atoms with Gasteiger partial charge in [-0.1, -0.05) is 11.6 Å². The van der Waals surface area contributed by atoms with Gasteiger partial charge in [0.2, 0.25) is 0 Å². The molecule has 0 spiro atoms. The van der Waals surface area contributed by atoms with Gasteiger partial charge in [0.1, 0.15) is 11.0 Å². The van der Waals surface area contributed by atoms with Gasteiger partial charge in [0, 0.05) is 19.7 Å². The molecule has 0 saturated carbocycles. The molecule has 7 heteroatoms. The number of halogens is 4. The number of alkyl halides is 3. The molecule has 0 radical (unpaired) electrons. The summed E-state index contributed by atoms with van der Waals surface area (Å²) in [7, 11) is 0. The molecule has 0 bridgehead atoms. The Kier molecular flexibility index (Phi) is 4.20. The van der Waals surface area contributed by atoms with Crippen LogP contribution in [0.15, 0.2) is 12.1 Å². The highest BCUT2D eigenvalue weighted by Crippen LogP contribution is 2.33. The van der Waals surface area contributed by atoms with Gasteiger partial charge < -0.3 is 10.0 Å². The molecule has 2 rings (SSSR count). The molecular formula is C12H14ClF3N2O. The molecule has 1 aromatic rings. The first-order valence-corrected chi connectivity index (χ1v) is 6.38. The molecule has 1 N–H and O–H groups in total. The summed E-state index contributed by atoms with van der Waals surface area (Å²) in [6, 6.07) is 1.82. The Labute approximate surface area is 114 Å². The maximum atomic E-state index is 12.7. The molecule has 1 aromatic heterocycles. The molecule has 1 aliphatic heterocycles. The fourth-order valence-electron chi connectivity index (χ4n) is 2.23. The number of hydrogen-bond acceptors (Lipinski definition) is 3. The Hall–Kier alpha value is -1.01. The Bertz CT molecular complexity index is 453. The quantitative estimate of drug-likeness (QED) is 0.852. The van der Waals surface area contributed by atoms with Crippen LogP contribution in [-0.4, -0.2) is 29.8 Å². The number of hydrogen-bond donors (Lipinski definition) is 1. The number of anilines is 1. The van der Waals surface area contributed by atoms with E-state index in [-0.39, 0.29) is 23.5 Å². The summed E-state index contributed by atoms with van der Waals surface area (Å²) in [5, 5.41) is 8.97. The van der Waals surface area contributed by atoms with Crippen LogP contribution < -0.4 is 4.90 Å². The van der Waals surface area contributed by atoms with E-state index < -0.39 is 11.7 Å². The van der Waals surface area contributed by atoms with E-state index in [4.69, 9.17) is 16.7 Å². The molecule has 2 heterocycles. The lowest BCUT2D eigenvalue weighted by atomic mass is 9.99. The second-order valence-electron chi connectivity index (χ2n) is 4.67. The summed E-state index contributed by atoms with van der Waals surface area (Å²) in [5.74, 6) is 0.293. The predicted octanol–water partition coefficient (Wildman–Crippen LogP) is 2.96. The second kappa shape index (κ2) is 5.54. The number of nitrogens with zero attached hydrogens (tertiary/aromatic N) is 2. The average Bonchev–Trinajstić information content (AvgIpc) is 2.37. The maximum absolute atomic E-state index is 12.7. The number of piperidine rings is 1. The minimum atomic E-state index is -4.44. The molecule has 106 valence electrons. The molecule has 1 aliphatic rings. The molecular weight excluding hydrogens is 281 g/mol. The van der Waals surface area contributed by atoms with E-state index in [1.54, 1.807) is 4.90 Å². The van der Waals surface area contributed by atoms with Gasteiger partial charge in [-0.15, -0.1) is 0 Å². The molecule has 19 heavy (non-hydrogen) atoms. The Morgan fingerprint density at radius 2 is 2.16 bits per heavy atom. The third-order valence-corrected chi connectivity index (χ3v) is 3.40. The van der Waals surface area contributed by atoms with Gasteiger partial charge in [0.15, 0.2) is 0 Å². The van der Waals surface area contributed by atoms with Crippen LogP contribution in [0.4, 0.5) is 19.0 Å². The first kappa shape index (κ1) is 14.4. The van der Waals surface area contributed by atoms with Crippen molar-refractivity contribution in [1.82, 2.24) is 4.98 Å². The molecule has 1 atom stereocenters. The van der Waals surface area contributed by atoms with Gasteiger partial charge >= 0.3 is 6.18 Å². The normalized spacial score (nSPS) is 20.7. The van der Waals surface area contributed by atoms with E-state index >= 15 is 0 Å². The van der Waals surface area contributed by atoms with E-state index in [2.05, 4.69) is 4.98 Å². The fraction of sp³-hybridized carbons (Fsp3) is 0.583. The number of aliphatic hydroxyl groups excluding tert-OH is 1. The summed E-state index contributed by atoms with van der Waals surface area (Å²) < 4.78 is 38.1. The summed E-state index contributed by atoms with van der Waals surface area (Å²) in [6.07, 6.45) is -2.74. The molecule has 0 aromatic carbocycles. The number of pyridine rings is 1. The van der Waals surface area contributed by atoms with E-state index in [1.807, 2.05) is 0 Å².